The molecule has 6 nitrogen and oxygen atoms in total. The van der Waals surface area contributed by atoms with Crippen molar-refractivity contribution in [2.24, 2.45) is 10.2 Å². The second-order valence-electron chi connectivity index (χ2n) is 9.12. The fraction of sp³-hybridized carbons (Fsp3) is 0.429. The lowest BCUT2D eigenvalue weighted by molar-refractivity contribution is -0.122. The maximum Gasteiger partial charge on any atom is 0.240 e. The molecule has 2 aliphatic carbocycles. The van der Waals surface area contributed by atoms with Gasteiger partial charge in [-0.05, 0) is 62.5 Å². The summed E-state index contributed by atoms with van der Waals surface area (Å²) >= 11 is 0. The Kier molecular flexibility index (Phi) is 8.60. The van der Waals surface area contributed by atoms with Crippen LogP contribution in [0.5, 0.6) is 0 Å². The number of rotatable bonds is 9. The molecule has 2 amide bonds. The molecule has 0 heterocycles. The van der Waals surface area contributed by atoms with Gasteiger partial charge in [0.05, 0.1) is 11.4 Å². The Balaban J connectivity index is 1.10. The Hall–Kier alpha value is -3.28. The van der Waals surface area contributed by atoms with E-state index in [4.69, 9.17) is 0 Å². The average molecular weight is 459 g/mol. The van der Waals surface area contributed by atoms with Crippen LogP contribution in [-0.4, -0.2) is 23.2 Å². The predicted octanol–water partition coefficient (Wildman–Crippen LogP) is 5.04. The predicted molar refractivity (Wildman–Crippen MR) is 136 cm³/mol. The number of carbonyl (C=O) groups is 2. The van der Waals surface area contributed by atoms with E-state index in [2.05, 4.69) is 45.3 Å². The van der Waals surface area contributed by atoms with E-state index >= 15 is 0 Å². The summed E-state index contributed by atoms with van der Waals surface area (Å²) in [4.78, 5) is 24.3. The molecule has 0 unspecified atom stereocenters. The van der Waals surface area contributed by atoms with E-state index in [-0.39, 0.29) is 11.8 Å². The Morgan fingerprint density at radius 3 is 1.53 bits per heavy atom. The van der Waals surface area contributed by atoms with E-state index in [0.29, 0.717) is 12.8 Å². The third-order valence-corrected chi connectivity index (χ3v) is 6.56. The molecular weight excluding hydrogens is 424 g/mol. The minimum absolute atomic E-state index is 0.0446. The molecule has 0 radical (unpaired) electrons. The minimum Gasteiger partial charge on any atom is -0.273 e. The quantitative estimate of drug-likeness (QED) is 0.408. The van der Waals surface area contributed by atoms with E-state index < -0.39 is 0 Å². The summed E-state index contributed by atoms with van der Waals surface area (Å²) in [6.07, 6.45) is 10.4. The summed E-state index contributed by atoms with van der Waals surface area (Å²) in [5.41, 5.74) is 12.3. The summed E-state index contributed by atoms with van der Waals surface area (Å²) in [6, 6.07) is 16.6. The zero-order valence-corrected chi connectivity index (χ0v) is 19.8. The highest BCUT2D eigenvalue weighted by molar-refractivity contribution is 6.03. The van der Waals surface area contributed by atoms with Crippen LogP contribution >= 0.6 is 0 Å². The lowest BCUT2D eigenvalue weighted by Crippen LogP contribution is -2.22. The number of fused-ring (bicyclic) bond motifs is 2. The number of nitrogens with one attached hydrogen (secondary N) is 2. The van der Waals surface area contributed by atoms with E-state index in [1.54, 1.807) is 0 Å². The molecular formula is C28H34N4O2. The van der Waals surface area contributed by atoms with E-state index in [1.807, 2.05) is 24.3 Å². The number of carbonyl (C=O) groups excluding carboxylic acids is 2. The van der Waals surface area contributed by atoms with Gasteiger partial charge in [-0.2, -0.15) is 10.2 Å². The van der Waals surface area contributed by atoms with Crippen molar-refractivity contribution in [3.8, 4) is 0 Å². The lowest BCUT2D eigenvalue weighted by atomic mass is 9.90. The van der Waals surface area contributed by atoms with Gasteiger partial charge in [0.2, 0.25) is 11.8 Å². The normalized spacial score (nSPS) is 17.2. The summed E-state index contributed by atoms with van der Waals surface area (Å²) in [5.74, 6) is -0.0891. The monoisotopic (exact) mass is 458 g/mol. The van der Waals surface area contributed by atoms with Crippen molar-refractivity contribution in [2.45, 2.75) is 77.0 Å². The molecule has 0 saturated carbocycles. The topological polar surface area (TPSA) is 82.9 Å². The van der Waals surface area contributed by atoms with Crippen molar-refractivity contribution < 1.29 is 9.59 Å². The van der Waals surface area contributed by atoms with Crippen LogP contribution in [0.15, 0.2) is 58.7 Å². The van der Waals surface area contributed by atoms with Gasteiger partial charge < -0.3 is 0 Å². The van der Waals surface area contributed by atoms with Gasteiger partial charge in [-0.15, -0.1) is 0 Å². The van der Waals surface area contributed by atoms with Crippen molar-refractivity contribution in [3.05, 3.63) is 70.8 Å². The third kappa shape index (κ3) is 6.62. The Morgan fingerprint density at radius 2 is 1.06 bits per heavy atom. The smallest absolute Gasteiger partial charge is 0.240 e. The number of nitrogens with zero attached hydrogens (tertiary/aromatic N) is 2. The largest absolute Gasteiger partial charge is 0.273 e. The fourth-order valence-electron chi connectivity index (χ4n) is 4.73. The summed E-state index contributed by atoms with van der Waals surface area (Å²) < 4.78 is 0. The van der Waals surface area contributed by atoms with Crippen LogP contribution in [0.2, 0.25) is 0 Å². The number of unbranched alkanes of at least 4 members (excludes halogenated alkanes) is 3. The van der Waals surface area contributed by atoms with Gasteiger partial charge in [0.1, 0.15) is 0 Å². The number of benzene rings is 2. The first kappa shape index (κ1) is 23.9. The van der Waals surface area contributed by atoms with Crippen LogP contribution in [0.3, 0.4) is 0 Å². The Morgan fingerprint density at radius 1 is 0.618 bits per heavy atom. The number of hydrogen-bond acceptors (Lipinski definition) is 4. The van der Waals surface area contributed by atoms with Crippen LogP contribution in [0.1, 0.15) is 86.5 Å². The van der Waals surface area contributed by atoms with Crippen molar-refractivity contribution in [3.63, 3.8) is 0 Å². The summed E-state index contributed by atoms with van der Waals surface area (Å²) in [6.45, 7) is 0. The van der Waals surface area contributed by atoms with Crippen molar-refractivity contribution in [1.29, 1.82) is 0 Å². The molecule has 0 atom stereocenters. The molecule has 178 valence electrons. The molecule has 0 aromatic heterocycles. The lowest BCUT2D eigenvalue weighted by Gasteiger charge is -2.17. The minimum atomic E-state index is -0.0446. The molecule has 0 aliphatic heterocycles. The molecule has 34 heavy (non-hydrogen) atoms. The van der Waals surface area contributed by atoms with Crippen LogP contribution in [-0.2, 0) is 22.4 Å². The number of aryl methyl sites for hydroxylation is 2. The number of hydrogen-bond donors (Lipinski definition) is 2. The first-order valence-electron chi connectivity index (χ1n) is 12.6. The molecule has 2 aliphatic rings. The molecule has 0 spiro atoms. The maximum absolute atomic E-state index is 12.2. The van der Waals surface area contributed by atoms with Crippen molar-refractivity contribution >= 4 is 23.2 Å². The molecule has 2 aromatic carbocycles. The molecule has 6 heteroatoms. The van der Waals surface area contributed by atoms with Crippen molar-refractivity contribution in [1.82, 2.24) is 10.9 Å². The summed E-state index contributed by atoms with van der Waals surface area (Å²) in [7, 11) is 0. The van der Waals surface area contributed by atoms with E-state index in [0.717, 1.165) is 86.8 Å². The first-order valence-corrected chi connectivity index (χ1v) is 12.6. The Labute approximate surface area is 201 Å². The van der Waals surface area contributed by atoms with Crippen LogP contribution in [0.25, 0.3) is 0 Å². The molecule has 0 bridgehead atoms. The van der Waals surface area contributed by atoms with Gasteiger partial charge in [-0.3, -0.25) is 9.59 Å². The van der Waals surface area contributed by atoms with Crippen LogP contribution in [0, 0.1) is 0 Å². The fourth-order valence-corrected chi connectivity index (χ4v) is 4.73. The standard InChI is InChI=1S/C28H34N4O2/c33-27(31-29-25-17-9-13-21-11-5-7-15-23(21)25)19-3-1-2-4-20-28(34)32-30-26-18-10-14-22-12-6-8-16-24(22)26/h5-8,11-12,15-16H,1-4,9-10,13-14,17-20H2,(H,31,33)(H,32,34). The average Bonchev–Trinajstić information content (AvgIpc) is 2.88. The first-order chi connectivity index (χ1) is 16.7. The molecule has 0 fully saturated rings. The molecule has 0 saturated heterocycles. The molecule has 2 aromatic rings. The third-order valence-electron chi connectivity index (χ3n) is 6.56. The zero-order chi connectivity index (χ0) is 23.6. The van der Waals surface area contributed by atoms with Gasteiger partial charge in [0.15, 0.2) is 0 Å². The van der Waals surface area contributed by atoms with Crippen LogP contribution in [0.4, 0.5) is 0 Å². The maximum atomic E-state index is 12.2. The van der Waals surface area contributed by atoms with Gasteiger partial charge in [0.25, 0.3) is 0 Å². The highest BCUT2D eigenvalue weighted by Crippen LogP contribution is 2.22. The summed E-state index contributed by atoms with van der Waals surface area (Å²) in [5, 5.41) is 8.78. The SMILES string of the molecule is O=C(CCCCCCC(=O)NN=C1CCCc2ccccc21)NN=C1CCCc2ccccc21. The van der Waals surface area contributed by atoms with Crippen LogP contribution < -0.4 is 10.9 Å². The van der Waals surface area contributed by atoms with Gasteiger partial charge in [-0.1, -0.05) is 61.4 Å². The van der Waals surface area contributed by atoms with E-state index in [9.17, 15) is 9.59 Å². The molecule has 2 N–H and O–H groups in total. The highest BCUT2D eigenvalue weighted by atomic mass is 16.2. The molecule has 4 rings (SSSR count). The van der Waals surface area contributed by atoms with E-state index in [1.165, 1.54) is 11.1 Å². The van der Waals surface area contributed by atoms with Gasteiger partial charge >= 0.3 is 0 Å². The highest BCUT2D eigenvalue weighted by Gasteiger charge is 2.16. The number of hydrazone groups is 2. The van der Waals surface area contributed by atoms with Crippen molar-refractivity contribution in [2.75, 3.05) is 0 Å². The zero-order valence-electron chi connectivity index (χ0n) is 19.8. The second-order valence-corrected chi connectivity index (χ2v) is 9.12. The van der Waals surface area contributed by atoms with Gasteiger partial charge in [-0.25, -0.2) is 10.9 Å². The van der Waals surface area contributed by atoms with Gasteiger partial charge in [0, 0.05) is 24.0 Å². The second kappa shape index (κ2) is 12.3. The Bertz CT molecular complexity index is 988. The number of amides is 2.